The van der Waals surface area contributed by atoms with E-state index < -0.39 is 5.41 Å². The predicted molar refractivity (Wildman–Crippen MR) is 70.7 cm³/mol. The van der Waals surface area contributed by atoms with Crippen molar-refractivity contribution >= 4 is 22.8 Å². The van der Waals surface area contributed by atoms with E-state index in [0.717, 1.165) is 23.0 Å². The number of hydrogen-bond acceptors (Lipinski definition) is 3. The van der Waals surface area contributed by atoms with Crippen molar-refractivity contribution in [1.29, 1.82) is 0 Å². The first-order chi connectivity index (χ1) is 9.06. The number of furan rings is 1. The molecule has 2 amide bonds. The van der Waals surface area contributed by atoms with E-state index in [2.05, 4.69) is 5.32 Å². The quantitative estimate of drug-likeness (QED) is 0.840. The first-order valence-corrected chi connectivity index (χ1v) is 6.41. The van der Waals surface area contributed by atoms with Crippen LogP contribution in [0, 0.1) is 0 Å². The second-order valence-corrected chi connectivity index (χ2v) is 5.15. The van der Waals surface area contributed by atoms with Crippen molar-refractivity contribution in [2.24, 2.45) is 0 Å². The molecule has 2 aromatic rings. The summed E-state index contributed by atoms with van der Waals surface area (Å²) in [6.07, 6.45) is 0.919. The Bertz CT molecular complexity index is 686. The van der Waals surface area contributed by atoms with Crippen molar-refractivity contribution in [3.63, 3.8) is 0 Å². The summed E-state index contributed by atoms with van der Waals surface area (Å²) in [5.41, 5.74) is 0.896. The molecule has 2 heterocycles. The van der Waals surface area contributed by atoms with Gasteiger partial charge in [0.15, 0.2) is 0 Å². The first-order valence-electron chi connectivity index (χ1n) is 6.41. The minimum absolute atomic E-state index is 0.151. The zero-order valence-corrected chi connectivity index (χ0v) is 10.9. The minimum atomic E-state index is -0.887. The molecule has 98 valence electrons. The monoisotopic (exact) mass is 257 g/mol. The van der Waals surface area contributed by atoms with E-state index in [1.54, 1.807) is 6.92 Å². The minimum Gasteiger partial charge on any atom is -0.460 e. The third-order valence-electron chi connectivity index (χ3n) is 3.82. The molecular weight excluding hydrogens is 242 g/mol. The second kappa shape index (κ2) is 3.95. The van der Waals surface area contributed by atoms with Crippen LogP contribution in [0.3, 0.4) is 0 Å². The molecule has 1 atom stereocenters. The van der Waals surface area contributed by atoms with Gasteiger partial charge in [0.05, 0.1) is 0 Å². The maximum absolute atomic E-state index is 12.1. The number of fused-ring (bicyclic) bond motifs is 1. The molecule has 0 aliphatic carbocycles. The number of carbonyl (C=O) groups excluding carboxylic acids is 2. The van der Waals surface area contributed by atoms with Gasteiger partial charge in [0.2, 0.25) is 11.8 Å². The third-order valence-corrected chi connectivity index (χ3v) is 3.82. The molecule has 0 radical (unpaired) electrons. The molecule has 1 aromatic heterocycles. The van der Waals surface area contributed by atoms with Crippen LogP contribution in [0.5, 0.6) is 0 Å². The lowest BCUT2D eigenvalue weighted by atomic mass is 9.83. The molecule has 0 spiro atoms. The third kappa shape index (κ3) is 1.59. The summed E-state index contributed by atoms with van der Waals surface area (Å²) in [5, 5.41) is 3.39. The van der Waals surface area contributed by atoms with E-state index in [4.69, 9.17) is 4.42 Å². The lowest BCUT2D eigenvalue weighted by Gasteiger charge is -2.18. The zero-order valence-electron chi connectivity index (χ0n) is 10.9. The summed E-state index contributed by atoms with van der Waals surface area (Å²) in [7, 11) is 0. The Morgan fingerprint density at radius 1 is 1.32 bits per heavy atom. The molecule has 0 saturated carbocycles. The predicted octanol–water partition coefficient (Wildman–Crippen LogP) is 2.30. The standard InChI is InChI=1S/C15H15NO3/c1-3-9-10-6-4-5-7-11(10)19-13(9)15(2)8-12(17)16-14(15)18/h4-7H,3,8H2,1-2H3,(H,16,17,18). The van der Waals surface area contributed by atoms with Gasteiger partial charge in [-0.2, -0.15) is 0 Å². The van der Waals surface area contributed by atoms with Gasteiger partial charge >= 0.3 is 0 Å². The number of benzene rings is 1. The van der Waals surface area contributed by atoms with Gasteiger partial charge in [0.1, 0.15) is 16.8 Å². The molecule has 1 unspecified atom stereocenters. The fourth-order valence-corrected chi connectivity index (χ4v) is 2.79. The molecular formula is C15H15NO3. The lowest BCUT2D eigenvalue weighted by molar-refractivity contribution is -0.126. The number of rotatable bonds is 2. The summed E-state index contributed by atoms with van der Waals surface area (Å²) in [5.74, 6) is 0.112. The first kappa shape index (κ1) is 12.0. The number of nitrogens with one attached hydrogen (secondary N) is 1. The van der Waals surface area contributed by atoms with Crippen LogP contribution in [-0.4, -0.2) is 11.8 Å². The average molecular weight is 257 g/mol. The Labute approximate surface area is 110 Å². The van der Waals surface area contributed by atoms with Crippen LogP contribution in [0.4, 0.5) is 0 Å². The van der Waals surface area contributed by atoms with Gasteiger partial charge in [0, 0.05) is 17.4 Å². The summed E-state index contributed by atoms with van der Waals surface area (Å²) in [6.45, 7) is 3.79. The van der Waals surface area contributed by atoms with E-state index in [-0.39, 0.29) is 18.2 Å². The Hall–Kier alpha value is -2.10. The Kier molecular flexibility index (Phi) is 2.49. The van der Waals surface area contributed by atoms with Crippen molar-refractivity contribution in [3.8, 4) is 0 Å². The molecule has 19 heavy (non-hydrogen) atoms. The Morgan fingerprint density at radius 2 is 2.05 bits per heavy atom. The van der Waals surface area contributed by atoms with Crippen LogP contribution >= 0.6 is 0 Å². The van der Waals surface area contributed by atoms with E-state index >= 15 is 0 Å². The van der Waals surface area contributed by atoms with Crippen molar-refractivity contribution < 1.29 is 14.0 Å². The Balaban J connectivity index is 2.25. The number of imide groups is 1. The molecule has 0 bridgehead atoms. The lowest BCUT2D eigenvalue weighted by Crippen LogP contribution is -2.33. The van der Waals surface area contributed by atoms with Crippen LogP contribution < -0.4 is 5.32 Å². The van der Waals surface area contributed by atoms with Gasteiger partial charge in [-0.15, -0.1) is 0 Å². The number of para-hydroxylation sites is 1. The highest BCUT2D eigenvalue weighted by atomic mass is 16.3. The fourth-order valence-electron chi connectivity index (χ4n) is 2.79. The highest BCUT2D eigenvalue weighted by Crippen LogP contribution is 2.39. The molecule has 1 aliphatic heterocycles. The number of aryl methyl sites for hydroxylation is 1. The fraction of sp³-hybridized carbons (Fsp3) is 0.333. The van der Waals surface area contributed by atoms with Crippen LogP contribution in [0.2, 0.25) is 0 Å². The van der Waals surface area contributed by atoms with E-state index in [1.165, 1.54) is 0 Å². The smallest absolute Gasteiger partial charge is 0.240 e. The molecule has 3 rings (SSSR count). The molecule has 1 aliphatic rings. The van der Waals surface area contributed by atoms with Crippen molar-refractivity contribution in [3.05, 3.63) is 35.6 Å². The number of hydrogen-bond donors (Lipinski definition) is 1. The van der Waals surface area contributed by atoms with Crippen LogP contribution in [0.1, 0.15) is 31.6 Å². The van der Waals surface area contributed by atoms with Crippen molar-refractivity contribution in [2.75, 3.05) is 0 Å². The molecule has 1 saturated heterocycles. The second-order valence-electron chi connectivity index (χ2n) is 5.15. The van der Waals surface area contributed by atoms with E-state index in [0.29, 0.717) is 5.76 Å². The molecule has 1 fully saturated rings. The van der Waals surface area contributed by atoms with Crippen molar-refractivity contribution in [2.45, 2.75) is 32.1 Å². The summed E-state index contributed by atoms with van der Waals surface area (Å²) in [4.78, 5) is 23.5. The van der Waals surface area contributed by atoms with E-state index in [1.807, 2.05) is 31.2 Å². The van der Waals surface area contributed by atoms with E-state index in [9.17, 15) is 9.59 Å². The molecule has 1 N–H and O–H groups in total. The highest BCUT2D eigenvalue weighted by Gasteiger charge is 2.47. The average Bonchev–Trinajstić information content (AvgIpc) is 2.88. The zero-order chi connectivity index (χ0) is 13.6. The molecule has 4 nitrogen and oxygen atoms in total. The summed E-state index contributed by atoms with van der Waals surface area (Å²) >= 11 is 0. The van der Waals surface area contributed by atoms with Crippen LogP contribution in [0.25, 0.3) is 11.0 Å². The van der Waals surface area contributed by atoms with Gasteiger partial charge in [-0.25, -0.2) is 0 Å². The summed E-state index contributed by atoms with van der Waals surface area (Å²) in [6, 6.07) is 7.72. The van der Waals surface area contributed by atoms with Gasteiger partial charge in [-0.1, -0.05) is 25.1 Å². The van der Waals surface area contributed by atoms with Crippen molar-refractivity contribution in [1.82, 2.24) is 5.32 Å². The van der Waals surface area contributed by atoms with Gasteiger partial charge in [-0.05, 0) is 19.4 Å². The van der Waals surface area contributed by atoms with Gasteiger partial charge in [0.25, 0.3) is 0 Å². The van der Waals surface area contributed by atoms with Gasteiger partial charge < -0.3 is 4.42 Å². The maximum atomic E-state index is 12.1. The normalized spacial score (nSPS) is 23.1. The molecule has 1 aromatic carbocycles. The van der Waals surface area contributed by atoms with Gasteiger partial charge in [-0.3, -0.25) is 14.9 Å². The summed E-state index contributed by atoms with van der Waals surface area (Å²) < 4.78 is 5.88. The maximum Gasteiger partial charge on any atom is 0.240 e. The number of carbonyl (C=O) groups is 2. The largest absolute Gasteiger partial charge is 0.460 e. The Morgan fingerprint density at radius 3 is 2.68 bits per heavy atom. The van der Waals surface area contributed by atoms with Crippen LogP contribution in [0.15, 0.2) is 28.7 Å². The van der Waals surface area contributed by atoms with Crippen LogP contribution in [-0.2, 0) is 21.4 Å². The SMILES string of the molecule is CCc1c(C2(C)CC(=O)NC2=O)oc2ccccc12. The topological polar surface area (TPSA) is 59.3 Å². The number of amides is 2. The molecule has 4 heteroatoms. The highest BCUT2D eigenvalue weighted by molar-refractivity contribution is 6.09.